The van der Waals surface area contributed by atoms with Gasteiger partial charge in [-0.25, -0.2) is 9.59 Å². The molecule has 5 nitrogen and oxygen atoms in total. The lowest BCUT2D eigenvalue weighted by atomic mass is 10.2. The highest BCUT2D eigenvalue weighted by Crippen LogP contribution is 2.29. The van der Waals surface area contributed by atoms with Crippen LogP contribution < -0.4 is 4.31 Å². The highest BCUT2D eigenvalue weighted by atomic mass is 32.2. The predicted molar refractivity (Wildman–Crippen MR) is 90.1 cm³/mol. The summed E-state index contributed by atoms with van der Waals surface area (Å²) in [7, 11) is 1.35. The average molecular weight is 331 g/mol. The Balaban J connectivity index is 2.18. The Morgan fingerprint density at radius 3 is 2.39 bits per heavy atom. The lowest BCUT2D eigenvalue weighted by molar-refractivity contribution is 0.0600. The van der Waals surface area contributed by atoms with E-state index in [1.807, 2.05) is 29.4 Å². The minimum absolute atomic E-state index is 0.257. The van der Waals surface area contributed by atoms with E-state index in [9.17, 15) is 9.59 Å². The van der Waals surface area contributed by atoms with Crippen LogP contribution in [0.1, 0.15) is 27.6 Å². The number of anilines is 1. The third kappa shape index (κ3) is 4.26. The zero-order chi connectivity index (χ0) is 16.8. The van der Waals surface area contributed by atoms with Gasteiger partial charge in [0.1, 0.15) is 0 Å². The summed E-state index contributed by atoms with van der Waals surface area (Å²) in [6, 6.07) is 13.9. The molecule has 23 heavy (non-hydrogen) atoms. The molecule has 0 aliphatic heterocycles. The predicted octanol–water partition coefficient (Wildman–Crippen LogP) is 3.71. The second kappa shape index (κ2) is 7.69. The van der Waals surface area contributed by atoms with E-state index in [1.165, 1.54) is 19.1 Å². The maximum Gasteiger partial charge on any atom is 0.337 e. The number of hydrogen-bond donors (Lipinski definition) is 1. The molecule has 0 heterocycles. The molecule has 0 radical (unpaired) electrons. The number of carboxylic acid groups (broad SMARTS) is 1. The summed E-state index contributed by atoms with van der Waals surface area (Å²) in [5.41, 5.74) is 1.67. The van der Waals surface area contributed by atoms with E-state index in [0.717, 1.165) is 17.1 Å². The molecule has 0 spiro atoms. The SMILES string of the molecule is CCN(Sc1cccc(C(=O)O)c1)c1ccc(C(=O)OC)cc1. The van der Waals surface area contributed by atoms with Gasteiger partial charge in [0.2, 0.25) is 0 Å². The van der Waals surface area contributed by atoms with Crippen molar-refractivity contribution < 1.29 is 19.4 Å². The smallest absolute Gasteiger partial charge is 0.337 e. The van der Waals surface area contributed by atoms with Crippen LogP contribution in [0.5, 0.6) is 0 Å². The van der Waals surface area contributed by atoms with Crippen LogP contribution in [0.3, 0.4) is 0 Å². The average Bonchev–Trinajstić information content (AvgIpc) is 2.59. The number of aromatic carboxylic acids is 1. The molecule has 0 saturated carbocycles. The monoisotopic (exact) mass is 331 g/mol. The van der Waals surface area contributed by atoms with Crippen molar-refractivity contribution in [2.45, 2.75) is 11.8 Å². The van der Waals surface area contributed by atoms with E-state index in [2.05, 4.69) is 4.74 Å². The summed E-state index contributed by atoms with van der Waals surface area (Å²) in [6.45, 7) is 2.72. The number of nitrogens with zero attached hydrogens (tertiary/aromatic N) is 1. The number of carboxylic acids is 1. The maximum atomic E-state index is 11.5. The van der Waals surface area contributed by atoms with Gasteiger partial charge in [0, 0.05) is 17.1 Å². The highest BCUT2D eigenvalue weighted by Gasteiger charge is 2.11. The number of carbonyl (C=O) groups is 2. The molecule has 0 fully saturated rings. The molecule has 6 heteroatoms. The molecule has 2 aromatic rings. The molecule has 0 aromatic heterocycles. The van der Waals surface area contributed by atoms with Gasteiger partial charge in [0.05, 0.1) is 18.2 Å². The van der Waals surface area contributed by atoms with Crippen molar-refractivity contribution in [3.8, 4) is 0 Å². The summed E-state index contributed by atoms with van der Waals surface area (Å²) < 4.78 is 6.70. The second-order valence-electron chi connectivity index (χ2n) is 4.66. The quantitative estimate of drug-likeness (QED) is 0.643. The number of carbonyl (C=O) groups excluding carboxylic acids is 1. The van der Waals surface area contributed by atoms with E-state index in [0.29, 0.717) is 5.56 Å². The van der Waals surface area contributed by atoms with E-state index in [1.54, 1.807) is 30.3 Å². The molecule has 0 aliphatic carbocycles. The first kappa shape index (κ1) is 16.9. The van der Waals surface area contributed by atoms with Crippen LogP contribution in [-0.4, -0.2) is 30.7 Å². The van der Waals surface area contributed by atoms with Gasteiger partial charge < -0.3 is 14.1 Å². The number of methoxy groups -OCH3 is 1. The van der Waals surface area contributed by atoms with Gasteiger partial charge in [-0.3, -0.25) is 0 Å². The van der Waals surface area contributed by atoms with Gasteiger partial charge in [-0.15, -0.1) is 0 Å². The summed E-state index contributed by atoms with van der Waals surface area (Å²) in [5.74, 6) is -1.32. The maximum absolute atomic E-state index is 11.5. The lowest BCUT2D eigenvalue weighted by Crippen LogP contribution is -2.13. The van der Waals surface area contributed by atoms with Crippen LogP contribution in [0, 0.1) is 0 Å². The van der Waals surface area contributed by atoms with Gasteiger partial charge in [-0.2, -0.15) is 0 Å². The fourth-order valence-electron chi connectivity index (χ4n) is 1.99. The molecule has 120 valence electrons. The zero-order valence-electron chi connectivity index (χ0n) is 12.9. The van der Waals surface area contributed by atoms with Gasteiger partial charge in [-0.1, -0.05) is 6.07 Å². The Bertz CT molecular complexity index is 700. The third-order valence-electron chi connectivity index (χ3n) is 3.16. The highest BCUT2D eigenvalue weighted by molar-refractivity contribution is 8.00. The molecule has 0 saturated heterocycles. The van der Waals surface area contributed by atoms with Gasteiger partial charge in [0.25, 0.3) is 0 Å². The van der Waals surface area contributed by atoms with Gasteiger partial charge >= 0.3 is 11.9 Å². The van der Waals surface area contributed by atoms with Crippen molar-refractivity contribution in [1.82, 2.24) is 0 Å². The van der Waals surface area contributed by atoms with Crippen molar-refractivity contribution in [3.63, 3.8) is 0 Å². The van der Waals surface area contributed by atoms with E-state index in [4.69, 9.17) is 5.11 Å². The number of esters is 1. The minimum atomic E-state index is -0.946. The Hall–Kier alpha value is -2.47. The topological polar surface area (TPSA) is 66.8 Å². The molecule has 0 bridgehead atoms. The Kier molecular flexibility index (Phi) is 5.65. The second-order valence-corrected chi connectivity index (χ2v) is 5.75. The van der Waals surface area contributed by atoms with Crippen LogP contribution in [0.2, 0.25) is 0 Å². The largest absolute Gasteiger partial charge is 0.478 e. The number of hydrogen-bond acceptors (Lipinski definition) is 5. The molecule has 2 aromatic carbocycles. The first-order valence-corrected chi connectivity index (χ1v) is 7.79. The summed E-state index contributed by atoms with van der Waals surface area (Å²) in [4.78, 5) is 23.3. The number of benzene rings is 2. The van der Waals surface area contributed by atoms with Crippen molar-refractivity contribution in [1.29, 1.82) is 0 Å². The zero-order valence-corrected chi connectivity index (χ0v) is 13.7. The molecule has 1 N–H and O–H groups in total. The van der Waals surface area contributed by atoms with E-state index in [-0.39, 0.29) is 11.5 Å². The molecule has 0 aliphatic rings. The standard InChI is InChI=1S/C17H17NO4S/c1-3-18(14-9-7-12(8-10-14)17(21)22-2)23-15-6-4-5-13(11-15)16(19)20/h4-11H,3H2,1-2H3,(H,19,20). The van der Waals surface area contributed by atoms with Crippen LogP contribution in [0.4, 0.5) is 5.69 Å². The summed E-state index contributed by atoms with van der Waals surface area (Å²) >= 11 is 1.45. The van der Waals surface area contributed by atoms with Crippen LogP contribution in [-0.2, 0) is 4.74 Å². The van der Waals surface area contributed by atoms with E-state index < -0.39 is 5.97 Å². The van der Waals surface area contributed by atoms with E-state index >= 15 is 0 Å². The van der Waals surface area contributed by atoms with Crippen LogP contribution >= 0.6 is 11.9 Å². The van der Waals surface area contributed by atoms with Crippen molar-refractivity contribution in [3.05, 3.63) is 59.7 Å². The van der Waals surface area contributed by atoms with Gasteiger partial charge in [0.15, 0.2) is 0 Å². The molecular formula is C17H17NO4S. The molecule has 0 unspecified atom stereocenters. The minimum Gasteiger partial charge on any atom is -0.478 e. The van der Waals surface area contributed by atoms with Crippen molar-refractivity contribution >= 4 is 29.6 Å². The normalized spacial score (nSPS) is 10.2. The molecule has 0 atom stereocenters. The van der Waals surface area contributed by atoms with Crippen molar-refractivity contribution in [2.24, 2.45) is 0 Å². The fourth-order valence-corrected chi connectivity index (χ4v) is 2.92. The van der Waals surface area contributed by atoms with Crippen LogP contribution in [0.25, 0.3) is 0 Å². The summed E-state index contributed by atoms with van der Waals surface area (Å²) in [6.07, 6.45) is 0. The summed E-state index contributed by atoms with van der Waals surface area (Å²) in [5, 5.41) is 9.06. The third-order valence-corrected chi connectivity index (χ3v) is 4.31. The molecular weight excluding hydrogens is 314 g/mol. The number of rotatable bonds is 6. The Morgan fingerprint density at radius 1 is 1.13 bits per heavy atom. The fraction of sp³-hybridized carbons (Fsp3) is 0.176. The lowest BCUT2D eigenvalue weighted by Gasteiger charge is -2.21. The van der Waals surface area contributed by atoms with Crippen LogP contribution in [0.15, 0.2) is 53.4 Å². The molecule has 0 amide bonds. The Morgan fingerprint density at radius 2 is 1.83 bits per heavy atom. The van der Waals surface area contributed by atoms with Gasteiger partial charge in [-0.05, 0) is 61.3 Å². The number of ether oxygens (including phenoxy) is 1. The first-order valence-electron chi connectivity index (χ1n) is 7.02. The molecule has 2 rings (SSSR count). The Labute approximate surface area is 139 Å². The first-order chi connectivity index (χ1) is 11.0. The van der Waals surface area contributed by atoms with Crippen molar-refractivity contribution in [2.75, 3.05) is 18.0 Å².